The topological polar surface area (TPSA) is 15.3 Å². The summed E-state index contributed by atoms with van der Waals surface area (Å²) in [6.07, 6.45) is -4.13. The highest BCUT2D eigenvalue weighted by atomic mass is 19.4. The first-order valence-corrected chi connectivity index (χ1v) is 5.43. The molecule has 0 radical (unpaired) electrons. The van der Waals surface area contributed by atoms with E-state index in [-0.39, 0.29) is 0 Å². The number of nitrogens with one attached hydrogen (secondary N) is 1. The number of hydrogen-bond donors (Lipinski definition) is 1. The van der Waals surface area contributed by atoms with Crippen molar-refractivity contribution in [3.8, 4) is 0 Å². The number of benzene rings is 1. The molecule has 0 aliphatic rings. The van der Waals surface area contributed by atoms with Crippen LogP contribution in [-0.4, -0.2) is 37.8 Å². The van der Waals surface area contributed by atoms with Crippen molar-refractivity contribution in [2.24, 2.45) is 0 Å². The highest BCUT2D eigenvalue weighted by molar-refractivity contribution is 5.44. The van der Waals surface area contributed by atoms with E-state index in [0.717, 1.165) is 11.3 Å². The van der Waals surface area contributed by atoms with Crippen LogP contribution in [0.5, 0.6) is 0 Å². The van der Waals surface area contributed by atoms with E-state index in [1.807, 2.05) is 31.2 Å². The Morgan fingerprint density at radius 1 is 1.18 bits per heavy atom. The molecule has 0 spiro atoms. The average molecular weight is 246 g/mol. The summed E-state index contributed by atoms with van der Waals surface area (Å²) in [5, 5.41) is 3.08. The maximum atomic E-state index is 12.0. The van der Waals surface area contributed by atoms with E-state index in [1.165, 1.54) is 11.9 Å². The van der Waals surface area contributed by atoms with Gasteiger partial charge < -0.3 is 5.32 Å². The van der Waals surface area contributed by atoms with Crippen molar-refractivity contribution in [2.45, 2.75) is 13.1 Å². The Hall–Kier alpha value is -1.23. The number of likely N-dealkylation sites (N-methyl/N-ethyl adjacent to an activating group) is 1. The van der Waals surface area contributed by atoms with Crippen LogP contribution in [0.3, 0.4) is 0 Å². The second kappa shape index (κ2) is 5.91. The van der Waals surface area contributed by atoms with E-state index in [9.17, 15) is 13.2 Å². The lowest BCUT2D eigenvalue weighted by Crippen LogP contribution is -2.34. The van der Waals surface area contributed by atoms with Gasteiger partial charge in [-0.05, 0) is 26.1 Å². The van der Waals surface area contributed by atoms with Crippen molar-refractivity contribution in [2.75, 3.05) is 32.0 Å². The molecular formula is C12H17F3N2. The summed E-state index contributed by atoms with van der Waals surface area (Å²) in [7, 11) is 1.46. The van der Waals surface area contributed by atoms with Gasteiger partial charge in [-0.15, -0.1) is 0 Å². The Balaban J connectivity index is 2.26. The summed E-state index contributed by atoms with van der Waals surface area (Å²) in [5.74, 6) is 0. The Labute approximate surface area is 99.4 Å². The molecule has 1 N–H and O–H groups in total. The number of halogens is 3. The number of rotatable bonds is 5. The molecule has 0 amide bonds. The van der Waals surface area contributed by atoms with Crippen LogP contribution in [0.2, 0.25) is 0 Å². The van der Waals surface area contributed by atoms with Gasteiger partial charge in [-0.25, -0.2) is 0 Å². The summed E-state index contributed by atoms with van der Waals surface area (Å²) in [5.41, 5.74) is 2.08. The monoisotopic (exact) mass is 246 g/mol. The highest BCUT2D eigenvalue weighted by Gasteiger charge is 2.28. The lowest BCUT2D eigenvalue weighted by molar-refractivity contribution is -0.142. The molecule has 0 bridgehead atoms. The van der Waals surface area contributed by atoms with Gasteiger partial charge in [-0.2, -0.15) is 13.2 Å². The van der Waals surface area contributed by atoms with Gasteiger partial charge in [0.05, 0.1) is 6.54 Å². The predicted octanol–water partition coefficient (Wildman–Crippen LogP) is 2.90. The van der Waals surface area contributed by atoms with Crippen molar-refractivity contribution in [1.82, 2.24) is 4.90 Å². The second-order valence-electron chi connectivity index (χ2n) is 4.15. The molecule has 0 aliphatic carbocycles. The minimum absolute atomic E-state index is 0.355. The number of nitrogens with zero attached hydrogens (tertiary/aromatic N) is 1. The van der Waals surface area contributed by atoms with Gasteiger partial charge in [-0.3, -0.25) is 4.90 Å². The third-order valence-electron chi connectivity index (χ3n) is 2.32. The third kappa shape index (κ3) is 6.16. The number of aryl methyl sites for hydroxylation is 1. The molecule has 1 aromatic rings. The first-order chi connectivity index (χ1) is 7.87. The van der Waals surface area contributed by atoms with E-state index >= 15 is 0 Å². The summed E-state index contributed by atoms with van der Waals surface area (Å²) in [4.78, 5) is 1.25. The van der Waals surface area contributed by atoms with Gasteiger partial charge >= 0.3 is 6.18 Å². The van der Waals surface area contributed by atoms with Crippen LogP contribution in [-0.2, 0) is 0 Å². The first kappa shape index (κ1) is 13.8. The van der Waals surface area contributed by atoms with Gasteiger partial charge in [-0.1, -0.05) is 17.7 Å². The minimum Gasteiger partial charge on any atom is -0.384 e. The van der Waals surface area contributed by atoms with Crippen LogP contribution in [0.15, 0.2) is 24.3 Å². The zero-order chi connectivity index (χ0) is 12.9. The van der Waals surface area contributed by atoms with Crippen molar-refractivity contribution < 1.29 is 13.2 Å². The van der Waals surface area contributed by atoms with Gasteiger partial charge in [0.15, 0.2) is 0 Å². The maximum absolute atomic E-state index is 12.0. The molecule has 17 heavy (non-hydrogen) atoms. The quantitative estimate of drug-likeness (QED) is 0.859. The molecule has 96 valence electrons. The van der Waals surface area contributed by atoms with E-state index in [0.29, 0.717) is 13.1 Å². The van der Waals surface area contributed by atoms with Crippen LogP contribution >= 0.6 is 0 Å². The smallest absolute Gasteiger partial charge is 0.384 e. The second-order valence-corrected chi connectivity index (χ2v) is 4.15. The Morgan fingerprint density at radius 3 is 2.29 bits per heavy atom. The minimum atomic E-state index is -4.13. The number of alkyl halides is 3. The Bertz CT molecular complexity index is 333. The molecule has 0 atom stereocenters. The predicted molar refractivity (Wildman–Crippen MR) is 63.2 cm³/mol. The molecule has 0 aliphatic heterocycles. The van der Waals surface area contributed by atoms with E-state index < -0.39 is 12.7 Å². The molecular weight excluding hydrogens is 229 g/mol. The molecule has 5 heteroatoms. The zero-order valence-electron chi connectivity index (χ0n) is 10.0. The fourth-order valence-electron chi connectivity index (χ4n) is 1.45. The molecule has 0 saturated carbocycles. The van der Waals surface area contributed by atoms with Crippen LogP contribution in [0.4, 0.5) is 18.9 Å². The van der Waals surface area contributed by atoms with Crippen molar-refractivity contribution >= 4 is 5.69 Å². The van der Waals surface area contributed by atoms with Crippen LogP contribution in [0.25, 0.3) is 0 Å². The van der Waals surface area contributed by atoms with E-state index in [4.69, 9.17) is 0 Å². The summed E-state index contributed by atoms with van der Waals surface area (Å²) < 4.78 is 36.1. The molecule has 0 unspecified atom stereocenters. The van der Waals surface area contributed by atoms with Crippen LogP contribution < -0.4 is 5.32 Å². The lowest BCUT2D eigenvalue weighted by atomic mass is 10.2. The number of anilines is 1. The van der Waals surface area contributed by atoms with Crippen molar-refractivity contribution in [3.63, 3.8) is 0 Å². The van der Waals surface area contributed by atoms with Crippen molar-refractivity contribution in [1.29, 1.82) is 0 Å². The zero-order valence-corrected chi connectivity index (χ0v) is 10.0. The number of hydrogen-bond acceptors (Lipinski definition) is 2. The molecule has 2 nitrogen and oxygen atoms in total. The normalized spacial score (nSPS) is 11.9. The largest absolute Gasteiger partial charge is 0.401 e. The first-order valence-electron chi connectivity index (χ1n) is 5.43. The summed E-state index contributed by atoms with van der Waals surface area (Å²) in [6.45, 7) is 1.96. The summed E-state index contributed by atoms with van der Waals surface area (Å²) in [6, 6.07) is 7.75. The fourth-order valence-corrected chi connectivity index (χ4v) is 1.45. The van der Waals surface area contributed by atoms with Crippen LogP contribution in [0.1, 0.15) is 5.56 Å². The van der Waals surface area contributed by atoms with E-state index in [1.54, 1.807) is 0 Å². The standard InChI is InChI=1S/C12H17F3N2/c1-10-3-5-11(6-4-10)16-7-8-17(2)9-12(13,14)15/h3-6,16H,7-9H2,1-2H3. The lowest BCUT2D eigenvalue weighted by Gasteiger charge is -2.18. The van der Waals surface area contributed by atoms with Crippen LogP contribution in [0, 0.1) is 6.92 Å². The molecule has 0 fully saturated rings. The highest BCUT2D eigenvalue weighted by Crippen LogP contribution is 2.15. The molecule has 0 heterocycles. The Kier molecular flexibility index (Phi) is 4.81. The SMILES string of the molecule is Cc1ccc(NCCN(C)CC(F)(F)F)cc1. The fraction of sp³-hybridized carbons (Fsp3) is 0.500. The molecule has 1 aromatic carbocycles. The molecule has 0 saturated heterocycles. The molecule has 1 rings (SSSR count). The maximum Gasteiger partial charge on any atom is 0.401 e. The summed E-state index contributed by atoms with van der Waals surface area (Å²) >= 11 is 0. The average Bonchev–Trinajstić information content (AvgIpc) is 2.18. The van der Waals surface area contributed by atoms with E-state index in [2.05, 4.69) is 5.32 Å². The van der Waals surface area contributed by atoms with Gasteiger partial charge in [0.2, 0.25) is 0 Å². The Morgan fingerprint density at radius 2 is 1.76 bits per heavy atom. The van der Waals surface area contributed by atoms with Gasteiger partial charge in [0, 0.05) is 18.8 Å². The van der Waals surface area contributed by atoms with Crippen molar-refractivity contribution in [3.05, 3.63) is 29.8 Å². The molecule has 0 aromatic heterocycles. The van der Waals surface area contributed by atoms with Gasteiger partial charge in [0.1, 0.15) is 0 Å². The third-order valence-corrected chi connectivity index (χ3v) is 2.32. The van der Waals surface area contributed by atoms with Gasteiger partial charge in [0.25, 0.3) is 0 Å².